The molecule has 1 aromatic carbocycles. The van der Waals surface area contributed by atoms with Gasteiger partial charge < -0.3 is 19.3 Å². The number of anilines is 1. The van der Waals surface area contributed by atoms with Gasteiger partial charge in [-0.1, -0.05) is 0 Å². The van der Waals surface area contributed by atoms with Crippen LogP contribution in [0.3, 0.4) is 0 Å². The minimum atomic E-state index is 0.135. The van der Waals surface area contributed by atoms with Gasteiger partial charge in [0.15, 0.2) is 11.5 Å². The van der Waals surface area contributed by atoms with Crippen LogP contribution in [0.5, 0.6) is 11.5 Å². The number of ether oxygens (including phenoxy) is 2. The first kappa shape index (κ1) is 12.5. The lowest BCUT2D eigenvalue weighted by atomic mass is 10.2. The van der Waals surface area contributed by atoms with Gasteiger partial charge in [0.05, 0.1) is 20.8 Å². The summed E-state index contributed by atoms with van der Waals surface area (Å²) in [6.07, 6.45) is 0. The van der Waals surface area contributed by atoms with Crippen LogP contribution in [-0.4, -0.2) is 51.7 Å². The van der Waals surface area contributed by atoms with E-state index < -0.39 is 0 Å². The molecule has 1 amide bonds. The zero-order valence-corrected chi connectivity index (χ0v) is 11.0. The SMILES string of the molecule is COc1ccc(N2CCN(C)C(=O)C2)cc1OC. The molecule has 1 saturated heterocycles. The van der Waals surface area contributed by atoms with Gasteiger partial charge in [-0.05, 0) is 12.1 Å². The predicted molar refractivity (Wildman–Crippen MR) is 69.4 cm³/mol. The van der Waals surface area contributed by atoms with Crippen LogP contribution in [0.4, 0.5) is 5.69 Å². The summed E-state index contributed by atoms with van der Waals surface area (Å²) in [5.74, 6) is 1.51. The Morgan fingerprint density at radius 2 is 1.83 bits per heavy atom. The molecule has 98 valence electrons. The number of likely N-dealkylation sites (N-methyl/N-ethyl adjacent to an activating group) is 1. The Hall–Kier alpha value is -1.91. The summed E-state index contributed by atoms with van der Waals surface area (Å²) in [5, 5.41) is 0. The van der Waals surface area contributed by atoms with Crippen LogP contribution < -0.4 is 14.4 Å². The van der Waals surface area contributed by atoms with Crippen molar-refractivity contribution in [3.05, 3.63) is 18.2 Å². The van der Waals surface area contributed by atoms with Crippen molar-refractivity contribution >= 4 is 11.6 Å². The zero-order valence-electron chi connectivity index (χ0n) is 11.0. The van der Waals surface area contributed by atoms with Crippen molar-refractivity contribution < 1.29 is 14.3 Å². The number of hydrogen-bond acceptors (Lipinski definition) is 4. The normalized spacial score (nSPS) is 15.8. The molecule has 1 aromatic rings. The highest BCUT2D eigenvalue weighted by Crippen LogP contribution is 2.31. The number of hydrogen-bond donors (Lipinski definition) is 0. The van der Waals surface area contributed by atoms with Crippen LogP contribution in [0.25, 0.3) is 0 Å². The van der Waals surface area contributed by atoms with Gasteiger partial charge in [0.2, 0.25) is 5.91 Å². The average molecular weight is 250 g/mol. The number of nitrogens with zero attached hydrogens (tertiary/aromatic N) is 2. The largest absolute Gasteiger partial charge is 0.493 e. The molecular weight excluding hydrogens is 232 g/mol. The lowest BCUT2D eigenvalue weighted by Crippen LogP contribution is -2.48. The fraction of sp³-hybridized carbons (Fsp3) is 0.462. The van der Waals surface area contributed by atoms with Crippen molar-refractivity contribution in [2.45, 2.75) is 0 Å². The number of carbonyl (C=O) groups is 1. The minimum Gasteiger partial charge on any atom is -0.493 e. The predicted octanol–water partition coefficient (Wildman–Crippen LogP) is 0.982. The molecule has 0 aliphatic carbocycles. The highest BCUT2D eigenvalue weighted by molar-refractivity contribution is 5.82. The molecule has 0 aromatic heterocycles. The number of carbonyl (C=O) groups excluding carboxylic acids is 1. The van der Waals surface area contributed by atoms with Crippen LogP contribution in [0.1, 0.15) is 0 Å². The molecule has 0 atom stereocenters. The molecule has 0 unspecified atom stereocenters. The molecule has 0 spiro atoms. The fourth-order valence-electron chi connectivity index (χ4n) is 2.00. The van der Waals surface area contributed by atoms with E-state index in [1.54, 1.807) is 19.1 Å². The number of amides is 1. The van der Waals surface area contributed by atoms with Gasteiger partial charge in [0.25, 0.3) is 0 Å². The van der Waals surface area contributed by atoms with Gasteiger partial charge in [-0.3, -0.25) is 4.79 Å². The first-order valence-electron chi connectivity index (χ1n) is 5.86. The summed E-state index contributed by atoms with van der Waals surface area (Å²) < 4.78 is 10.5. The standard InChI is InChI=1S/C13H18N2O3/c1-14-6-7-15(9-13(14)16)10-4-5-11(17-2)12(8-10)18-3/h4-5,8H,6-7,9H2,1-3H3. The lowest BCUT2D eigenvalue weighted by Gasteiger charge is -2.33. The Morgan fingerprint density at radius 3 is 2.44 bits per heavy atom. The Morgan fingerprint density at radius 1 is 1.11 bits per heavy atom. The zero-order chi connectivity index (χ0) is 13.1. The number of rotatable bonds is 3. The van der Waals surface area contributed by atoms with Crippen molar-refractivity contribution in [1.82, 2.24) is 4.90 Å². The maximum Gasteiger partial charge on any atom is 0.241 e. The van der Waals surface area contributed by atoms with Gasteiger partial charge in [-0.25, -0.2) is 0 Å². The van der Waals surface area contributed by atoms with E-state index >= 15 is 0 Å². The first-order chi connectivity index (χ1) is 8.65. The van der Waals surface area contributed by atoms with Crippen LogP contribution in [-0.2, 0) is 4.79 Å². The van der Waals surface area contributed by atoms with Gasteiger partial charge in [0, 0.05) is 31.9 Å². The quantitative estimate of drug-likeness (QED) is 0.802. The third kappa shape index (κ3) is 2.34. The van der Waals surface area contributed by atoms with Crippen molar-refractivity contribution in [3.63, 3.8) is 0 Å². The van der Waals surface area contributed by atoms with Gasteiger partial charge in [0.1, 0.15) is 0 Å². The maximum atomic E-state index is 11.7. The molecule has 0 N–H and O–H groups in total. The molecule has 0 bridgehead atoms. The Labute approximate surface area is 107 Å². The molecule has 1 aliphatic heterocycles. The summed E-state index contributed by atoms with van der Waals surface area (Å²) >= 11 is 0. The van der Waals surface area contributed by atoms with E-state index in [0.717, 1.165) is 18.8 Å². The van der Waals surface area contributed by atoms with Crippen LogP contribution in [0, 0.1) is 0 Å². The smallest absolute Gasteiger partial charge is 0.241 e. The topological polar surface area (TPSA) is 42.0 Å². The fourth-order valence-corrected chi connectivity index (χ4v) is 2.00. The van der Waals surface area contributed by atoms with Crippen molar-refractivity contribution in [2.75, 3.05) is 45.8 Å². The van der Waals surface area contributed by atoms with E-state index in [4.69, 9.17) is 9.47 Å². The third-order valence-corrected chi connectivity index (χ3v) is 3.19. The van der Waals surface area contributed by atoms with E-state index in [-0.39, 0.29) is 5.91 Å². The summed E-state index contributed by atoms with van der Waals surface area (Å²) in [7, 11) is 5.04. The van der Waals surface area contributed by atoms with Crippen molar-refractivity contribution in [2.24, 2.45) is 0 Å². The summed E-state index contributed by atoms with van der Waals surface area (Å²) in [6, 6.07) is 5.70. The molecule has 0 radical (unpaired) electrons. The van der Waals surface area contributed by atoms with Gasteiger partial charge in [-0.2, -0.15) is 0 Å². The number of piperazine rings is 1. The minimum absolute atomic E-state index is 0.135. The van der Waals surface area contributed by atoms with E-state index in [0.29, 0.717) is 18.0 Å². The van der Waals surface area contributed by atoms with Gasteiger partial charge >= 0.3 is 0 Å². The van der Waals surface area contributed by atoms with Crippen molar-refractivity contribution in [1.29, 1.82) is 0 Å². The molecule has 1 heterocycles. The maximum absolute atomic E-state index is 11.7. The highest BCUT2D eigenvalue weighted by atomic mass is 16.5. The number of methoxy groups -OCH3 is 2. The second kappa shape index (κ2) is 5.16. The molecule has 2 rings (SSSR count). The molecule has 1 aliphatic rings. The molecular formula is C13H18N2O3. The summed E-state index contributed by atoms with van der Waals surface area (Å²) in [6.45, 7) is 1.98. The van der Waals surface area contributed by atoms with E-state index in [2.05, 4.69) is 0 Å². The summed E-state index contributed by atoms with van der Waals surface area (Å²) in [4.78, 5) is 15.5. The highest BCUT2D eigenvalue weighted by Gasteiger charge is 2.21. The molecule has 18 heavy (non-hydrogen) atoms. The van der Waals surface area contributed by atoms with E-state index in [1.165, 1.54) is 0 Å². The molecule has 1 fully saturated rings. The summed E-state index contributed by atoms with van der Waals surface area (Å²) in [5.41, 5.74) is 0.981. The van der Waals surface area contributed by atoms with E-state index in [1.807, 2.05) is 30.1 Å². The Balaban J connectivity index is 2.21. The lowest BCUT2D eigenvalue weighted by molar-refractivity contribution is -0.129. The van der Waals surface area contributed by atoms with Crippen LogP contribution in [0.2, 0.25) is 0 Å². The molecule has 0 saturated carbocycles. The van der Waals surface area contributed by atoms with Gasteiger partial charge in [-0.15, -0.1) is 0 Å². The van der Waals surface area contributed by atoms with Crippen molar-refractivity contribution in [3.8, 4) is 11.5 Å². The molecule has 5 heteroatoms. The number of benzene rings is 1. The van der Waals surface area contributed by atoms with Crippen LogP contribution >= 0.6 is 0 Å². The third-order valence-electron chi connectivity index (χ3n) is 3.19. The van der Waals surface area contributed by atoms with E-state index in [9.17, 15) is 4.79 Å². The van der Waals surface area contributed by atoms with Crippen LogP contribution in [0.15, 0.2) is 18.2 Å². The first-order valence-corrected chi connectivity index (χ1v) is 5.86. The monoisotopic (exact) mass is 250 g/mol. The molecule has 5 nitrogen and oxygen atoms in total. The Kier molecular flexibility index (Phi) is 3.60. The Bertz CT molecular complexity index is 448. The average Bonchev–Trinajstić information content (AvgIpc) is 2.41. The second-order valence-electron chi connectivity index (χ2n) is 4.28. The second-order valence-corrected chi connectivity index (χ2v) is 4.28.